The molecule has 1 heterocycles. The van der Waals surface area contributed by atoms with Gasteiger partial charge in [-0.1, -0.05) is 11.6 Å². The van der Waals surface area contributed by atoms with Gasteiger partial charge in [-0.15, -0.1) is 0 Å². The van der Waals surface area contributed by atoms with Crippen LogP contribution in [0.2, 0.25) is 5.02 Å². The van der Waals surface area contributed by atoms with Crippen LogP contribution < -0.4 is 4.74 Å². The van der Waals surface area contributed by atoms with Gasteiger partial charge in [0.25, 0.3) is 5.91 Å². The first-order chi connectivity index (χ1) is 9.23. The van der Waals surface area contributed by atoms with Gasteiger partial charge in [-0.3, -0.25) is 4.79 Å². The number of carboxylic acids is 1. The lowest BCUT2D eigenvalue weighted by Crippen LogP contribution is -2.54. The van der Waals surface area contributed by atoms with Gasteiger partial charge in [0.1, 0.15) is 11.3 Å². The molecule has 1 aromatic rings. The number of amides is 1. The number of hydrogen-bond acceptors (Lipinski definition) is 3. The van der Waals surface area contributed by atoms with E-state index in [1.54, 1.807) is 18.2 Å². The first-order valence-corrected chi connectivity index (χ1v) is 6.57. The molecule has 0 aromatic heterocycles. The fourth-order valence-corrected chi connectivity index (χ4v) is 2.18. The number of carbonyl (C=O) groups is 2. The van der Waals surface area contributed by atoms with Crippen LogP contribution in [0, 0.1) is 0 Å². The second kappa shape index (κ2) is 4.98. The zero-order valence-electron chi connectivity index (χ0n) is 11.5. The molecule has 6 heteroatoms. The lowest BCUT2D eigenvalue weighted by atomic mass is 10.0. The molecule has 1 aromatic carbocycles. The van der Waals surface area contributed by atoms with Crippen LogP contribution in [0.3, 0.4) is 0 Å². The Labute approximate surface area is 122 Å². The Morgan fingerprint density at radius 3 is 2.70 bits per heavy atom. The minimum atomic E-state index is -1.28. The number of aliphatic carboxylic acids is 1. The quantitative estimate of drug-likeness (QED) is 0.926. The predicted molar refractivity (Wildman–Crippen MR) is 74.1 cm³/mol. The van der Waals surface area contributed by atoms with Crippen molar-refractivity contribution in [2.75, 3.05) is 7.05 Å². The van der Waals surface area contributed by atoms with E-state index in [0.717, 1.165) is 5.56 Å². The van der Waals surface area contributed by atoms with E-state index in [2.05, 4.69) is 0 Å². The third-order valence-corrected chi connectivity index (χ3v) is 3.90. The summed E-state index contributed by atoms with van der Waals surface area (Å²) in [5.74, 6) is -0.800. The van der Waals surface area contributed by atoms with E-state index < -0.39 is 17.6 Å². The van der Waals surface area contributed by atoms with Crippen molar-refractivity contribution in [3.63, 3.8) is 0 Å². The summed E-state index contributed by atoms with van der Waals surface area (Å²) in [5, 5.41) is 9.74. The molecule has 0 aliphatic carbocycles. The van der Waals surface area contributed by atoms with Crippen LogP contribution >= 0.6 is 11.6 Å². The van der Waals surface area contributed by atoms with Crippen LogP contribution in [0.15, 0.2) is 18.2 Å². The maximum Gasteiger partial charge on any atom is 0.329 e. The first kappa shape index (κ1) is 14.7. The van der Waals surface area contributed by atoms with E-state index in [4.69, 9.17) is 21.4 Å². The molecule has 5 nitrogen and oxygen atoms in total. The highest BCUT2D eigenvalue weighted by molar-refractivity contribution is 6.30. The third-order valence-electron chi connectivity index (χ3n) is 3.66. The molecular weight excluding hydrogens is 282 g/mol. The zero-order valence-corrected chi connectivity index (χ0v) is 12.3. The van der Waals surface area contributed by atoms with Crippen LogP contribution in [-0.2, 0) is 16.0 Å². The minimum Gasteiger partial charge on any atom is -0.480 e. The van der Waals surface area contributed by atoms with Crippen molar-refractivity contribution in [1.29, 1.82) is 0 Å². The predicted octanol–water partition coefficient (Wildman–Crippen LogP) is 1.97. The Morgan fingerprint density at radius 2 is 2.10 bits per heavy atom. The van der Waals surface area contributed by atoms with Gasteiger partial charge in [-0.25, -0.2) is 4.79 Å². The first-order valence-electron chi connectivity index (χ1n) is 6.19. The largest absolute Gasteiger partial charge is 0.480 e. The Hall–Kier alpha value is -1.75. The topological polar surface area (TPSA) is 66.8 Å². The molecule has 1 unspecified atom stereocenters. The van der Waals surface area contributed by atoms with Crippen molar-refractivity contribution >= 4 is 23.5 Å². The standard InChI is InChI=1S/C14H16ClNO4/c1-14(2,13(18)19)16(3)12(17)11-7-8-6-9(15)4-5-10(8)20-11/h4-6,11H,7H2,1-3H3,(H,18,19). The number of rotatable bonds is 3. The molecule has 1 atom stereocenters. The van der Waals surface area contributed by atoms with Crippen LogP contribution in [0.1, 0.15) is 19.4 Å². The van der Waals surface area contributed by atoms with Crippen molar-refractivity contribution in [2.45, 2.75) is 31.9 Å². The van der Waals surface area contributed by atoms with Gasteiger partial charge < -0.3 is 14.7 Å². The molecule has 0 fully saturated rings. The number of ether oxygens (including phenoxy) is 1. The van der Waals surface area contributed by atoms with Crippen molar-refractivity contribution < 1.29 is 19.4 Å². The molecule has 1 N–H and O–H groups in total. The van der Waals surface area contributed by atoms with E-state index in [1.807, 2.05) is 0 Å². The normalized spacial score (nSPS) is 17.3. The average molecular weight is 298 g/mol. The van der Waals surface area contributed by atoms with E-state index in [0.29, 0.717) is 17.2 Å². The molecule has 2 rings (SSSR count). The number of halogens is 1. The number of benzene rings is 1. The molecule has 1 aliphatic heterocycles. The van der Waals surface area contributed by atoms with Crippen molar-refractivity contribution in [1.82, 2.24) is 4.90 Å². The summed E-state index contributed by atoms with van der Waals surface area (Å²) >= 11 is 5.90. The smallest absolute Gasteiger partial charge is 0.329 e. The van der Waals surface area contributed by atoms with Gasteiger partial charge in [0.15, 0.2) is 6.10 Å². The molecule has 0 saturated heterocycles. The summed E-state index contributed by atoms with van der Waals surface area (Å²) in [4.78, 5) is 24.7. The number of carbonyl (C=O) groups excluding carboxylic acids is 1. The lowest BCUT2D eigenvalue weighted by Gasteiger charge is -2.33. The monoisotopic (exact) mass is 297 g/mol. The number of carboxylic acid groups (broad SMARTS) is 1. The highest BCUT2D eigenvalue weighted by Crippen LogP contribution is 2.32. The fraction of sp³-hybridized carbons (Fsp3) is 0.429. The van der Waals surface area contributed by atoms with E-state index in [9.17, 15) is 9.59 Å². The van der Waals surface area contributed by atoms with Gasteiger partial charge in [0, 0.05) is 18.5 Å². The van der Waals surface area contributed by atoms with Crippen LogP contribution in [0.4, 0.5) is 0 Å². The molecule has 0 spiro atoms. The average Bonchev–Trinajstić information content (AvgIpc) is 2.79. The number of hydrogen-bond donors (Lipinski definition) is 1. The molecule has 0 bridgehead atoms. The fourth-order valence-electron chi connectivity index (χ4n) is 1.99. The van der Waals surface area contributed by atoms with Crippen molar-refractivity contribution in [2.24, 2.45) is 0 Å². The highest BCUT2D eigenvalue weighted by atomic mass is 35.5. The third kappa shape index (κ3) is 2.45. The number of likely N-dealkylation sites (N-methyl/N-ethyl adjacent to an activating group) is 1. The van der Waals surface area contributed by atoms with Gasteiger partial charge in [-0.05, 0) is 37.6 Å². The molecule has 108 valence electrons. The second-order valence-electron chi connectivity index (χ2n) is 5.32. The summed E-state index contributed by atoms with van der Waals surface area (Å²) < 4.78 is 5.58. The Bertz CT molecular complexity index is 570. The van der Waals surface area contributed by atoms with Crippen LogP contribution in [-0.4, -0.2) is 40.6 Å². The Kier molecular flexibility index (Phi) is 3.65. The zero-order chi connectivity index (χ0) is 15.1. The molecular formula is C14H16ClNO4. The van der Waals surface area contributed by atoms with Gasteiger partial charge in [0.05, 0.1) is 0 Å². The number of fused-ring (bicyclic) bond motifs is 1. The minimum absolute atomic E-state index is 0.357. The molecule has 0 saturated carbocycles. The van der Waals surface area contributed by atoms with E-state index in [1.165, 1.54) is 25.8 Å². The van der Waals surface area contributed by atoms with Crippen molar-refractivity contribution in [3.8, 4) is 5.75 Å². The maximum absolute atomic E-state index is 12.4. The summed E-state index contributed by atoms with van der Waals surface area (Å²) in [5.41, 5.74) is -0.426. The Morgan fingerprint density at radius 1 is 1.45 bits per heavy atom. The summed E-state index contributed by atoms with van der Waals surface area (Å²) in [7, 11) is 1.47. The van der Waals surface area contributed by atoms with Crippen LogP contribution in [0.25, 0.3) is 0 Å². The molecule has 1 amide bonds. The molecule has 0 radical (unpaired) electrons. The SMILES string of the molecule is CN(C(=O)C1Cc2cc(Cl)ccc2O1)C(C)(C)C(=O)O. The Balaban J connectivity index is 2.16. The van der Waals surface area contributed by atoms with Crippen molar-refractivity contribution in [3.05, 3.63) is 28.8 Å². The van der Waals surface area contributed by atoms with Crippen LogP contribution in [0.5, 0.6) is 5.75 Å². The second-order valence-corrected chi connectivity index (χ2v) is 5.76. The van der Waals surface area contributed by atoms with Gasteiger partial charge in [0.2, 0.25) is 0 Å². The number of nitrogens with zero attached hydrogens (tertiary/aromatic N) is 1. The van der Waals surface area contributed by atoms with E-state index >= 15 is 0 Å². The molecule has 1 aliphatic rings. The summed E-state index contributed by atoms with van der Waals surface area (Å²) in [6, 6.07) is 5.16. The summed E-state index contributed by atoms with van der Waals surface area (Å²) in [6.45, 7) is 2.96. The van der Waals surface area contributed by atoms with Gasteiger partial charge in [-0.2, -0.15) is 0 Å². The summed E-state index contributed by atoms with van der Waals surface area (Å²) in [6.07, 6.45) is -0.304. The van der Waals surface area contributed by atoms with E-state index in [-0.39, 0.29) is 5.91 Å². The van der Waals surface area contributed by atoms with Gasteiger partial charge >= 0.3 is 5.97 Å². The lowest BCUT2D eigenvalue weighted by molar-refractivity contribution is -0.157. The highest BCUT2D eigenvalue weighted by Gasteiger charge is 2.40. The molecule has 20 heavy (non-hydrogen) atoms. The maximum atomic E-state index is 12.4.